The number of aromatic nitrogens is 1. The third-order valence-corrected chi connectivity index (χ3v) is 5.60. The second kappa shape index (κ2) is 5.90. The van der Waals surface area contributed by atoms with Gasteiger partial charge in [0.05, 0.1) is 0 Å². The highest BCUT2D eigenvalue weighted by atomic mass is 16.5. The van der Waals surface area contributed by atoms with E-state index in [-0.39, 0.29) is 6.10 Å². The molecule has 2 bridgehead atoms. The topological polar surface area (TPSA) is 42.4 Å². The molecule has 0 radical (unpaired) electrons. The lowest BCUT2D eigenvalue weighted by Gasteiger charge is -2.40. The number of hydrogen-bond donors (Lipinski definition) is 0. The molecule has 0 aromatic carbocycles. The minimum Gasteiger partial charge on any atom is -0.490 e. The van der Waals surface area contributed by atoms with Gasteiger partial charge in [0, 0.05) is 43.2 Å². The second-order valence-corrected chi connectivity index (χ2v) is 7.01. The first-order valence-electron chi connectivity index (χ1n) is 8.70. The molecule has 3 fully saturated rings. The van der Waals surface area contributed by atoms with Crippen LogP contribution in [0.25, 0.3) is 0 Å². The summed E-state index contributed by atoms with van der Waals surface area (Å²) in [5.74, 6) is 1.64. The molecule has 4 rings (SSSR count). The maximum absolute atomic E-state index is 12.8. The number of carbonyl (C=O) groups excluding carboxylic acids is 1. The molecule has 1 aromatic heterocycles. The molecule has 118 valence electrons. The van der Waals surface area contributed by atoms with E-state index in [0.29, 0.717) is 23.9 Å². The van der Waals surface area contributed by atoms with Gasteiger partial charge in [-0.25, -0.2) is 0 Å². The van der Waals surface area contributed by atoms with Crippen LogP contribution in [0.15, 0.2) is 24.5 Å². The van der Waals surface area contributed by atoms with Gasteiger partial charge >= 0.3 is 0 Å². The van der Waals surface area contributed by atoms with E-state index in [1.807, 2.05) is 12.1 Å². The van der Waals surface area contributed by atoms with E-state index in [1.165, 1.54) is 12.8 Å². The summed E-state index contributed by atoms with van der Waals surface area (Å²) >= 11 is 0. The minimum atomic E-state index is 0.243. The van der Waals surface area contributed by atoms with Crippen molar-refractivity contribution in [3.05, 3.63) is 24.5 Å². The third-order valence-electron chi connectivity index (χ3n) is 5.60. The zero-order valence-corrected chi connectivity index (χ0v) is 13.0. The number of nitrogens with zero attached hydrogens (tertiary/aromatic N) is 2. The van der Waals surface area contributed by atoms with Gasteiger partial charge in [-0.1, -0.05) is 12.8 Å². The summed E-state index contributed by atoms with van der Waals surface area (Å²) in [6.45, 7) is 0. The number of amides is 1. The van der Waals surface area contributed by atoms with Gasteiger partial charge in [0.1, 0.15) is 11.9 Å². The number of pyridine rings is 1. The van der Waals surface area contributed by atoms with Crippen LogP contribution in [0.3, 0.4) is 0 Å². The van der Waals surface area contributed by atoms with Gasteiger partial charge < -0.3 is 9.64 Å². The average molecular weight is 300 g/mol. The van der Waals surface area contributed by atoms with Gasteiger partial charge in [-0.05, 0) is 37.8 Å². The molecule has 4 heteroatoms. The molecule has 2 atom stereocenters. The predicted molar refractivity (Wildman–Crippen MR) is 83.5 cm³/mol. The van der Waals surface area contributed by atoms with Crippen molar-refractivity contribution in [1.82, 2.24) is 9.88 Å². The standard InChI is InChI=1S/C18H24N2O2/c21-18(13-3-1-2-4-13)20-14-5-6-15(20)12-17(11-14)22-16-7-9-19-10-8-16/h7-10,13-15,17H,1-6,11-12H2. The molecule has 2 aliphatic heterocycles. The Balaban J connectivity index is 1.42. The van der Waals surface area contributed by atoms with Crippen molar-refractivity contribution in [3.8, 4) is 5.75 Å². The summed E-state index contributed by atoms with van der Waals surface area (Å²) in [5, 5.41) is 0. The lowest BCUT2D eigenvalue weighted by molar-refractivity contribution is -0.141. The highest BCUT2D eigenvalue weighted by Crippen LogP contribution is 2.40. The molecule has 0 spiro atoms. The largest absolute Gasteiger partial charge is 0.490 e. The molecule has 4 nitrogen and oxygen atoms in total. The van der Waals surface area contributed by atoms with Gasteiger partial charge in [0.25, 0.3) is 0 Å². The highest BCUT2D eigenvalue weighted by Gasteiger charge is 2.45. The fourth-order valence-electron chi connectivity index (χ4n) is 4.58. The van der Waals surface area contributed by atoms with E-state index in [9.17, 15) is 4.79 Å². The van der Waals surface area contributed by atoms with Crippen molar-refractivity contribution in [2.24, 2.45) is 5.92 Å². The number of hydrogen-bond acceptors (Lipinski definition) is 3. The Hall–Kier alpha value is -1.58. The first-order valence-corrected chi connectivity index (χ1v) is 8.70. The first-order chi connectivity index (χ1) is 10.8. The van der Waals surface area contributed by atoms with Crippen LogP contribution in [-0.2, 0) is 4.79 Å². The van der Waals surface area contributed by atoms with Crippen molar-refractivity contribution in [2.45, 2.75) is 69.6 Å². The predicted octanol–water partition coefficient (Wildman–Crippen LogP) is 3.17. The minimum absolute atomic E-state index is 0.243. The van der Waals surface area contributed by atoms with Crippen molar-refractivity contribution in [1.29, 1.82) is 0 Å². The lowest BCUT2D eigenvalue weighted by Crippen LogP contribution is -2.50. The van der Waals surface area contributed by atoms with Crippen LogP contribution in [0.1, 0.15) is 51.4 Å². The highest BCUT2D eigenvalue weighted by molar-refractivity contribution is 5.80. The molecule has 0 N–H and O–H groups in total. The average Bonchev–Trinajstić information content (AvgIpc) is 3.15. The molecule has 3 aliphatic rings. The SMILES string of the molecule is O=C(C1CCCC1)N1C2CCC1CC(Oc1ccncc1)C2. The summed E-state index contributed by atoms with van der Waals surface area (Å²) in [6, 6.07) is 4.63. The Morgan fingerprint density at radius 1 is 1.05 bits per heavy atom. The maximum atomic E-state index is 12.8. The Morgan fingerprint density at radius 2 is 1.68 bits per heavy atom. The van der Waals surface area contributed by atoms with Gasteiger partial charge in [-0.3, -0.25) is 9.78 Å². The molecule has 1 aliphatic carbocycles. The molecule has 1 saturated carbocycles. The van der Waals surface area contributed by atoms with Gasteiger partial charge in [-0.2, -0.15) is 0 Å². The number of carbonyl (C=O) groups is 1. The molecule has 1 amide bonds. The Bertz CT molecular complexity index is 513. The van der Waals surface area contributed by atoms with Crippen LogP contribution < -0.4 is 4.74 Å². The molecule has 1 aromatic rings. The Morgan fingerprint density at radius 3 is 2.32 bits per heavy atom. The van der Waals surface area contributed by atoms with Crippen molar-refractivity contribution >= 4 is 5.91 Å². The molecule has 2 saturated heterocycles. The van der Waals surface area contributed by atoms with Crippen LogP contribution in [0.4, 0.5) is 0 Å². The van der Waals surface area contributed by atoms with E-state index in [4.69, 9.17) is 4.74 Å². The van der Waals surface area contributed by atoms with E-state index < -0.39 is 0 Å². The van der Waals surface area contributed by atoms with E-state index in [1.54, 1.807) is 12.4 Å². The normalized spacial score (nSPS) is 31.5. The zero-order valence-electron chi connectivity index (χ0n) is 13.0. The fraction of sp³-hybridized carbons (Fsp3) is 0.667. The molecular weight excluding hydrogens is 276 g/mol. The second-order valence-electron chi connectivity index (χ2n) is 7.01. The van der Waals surface area contributed by atoms with E-state index >= 15 is 0 Å². The lowest BCUT2D eigenvalue weighted by atomic mass is 9.96. The van der Waals surface area contributed by atoms with Crippen LogP contribution in [0.5, 0.6) is 5.75 Å². The van der Waals surface area contributed by atoms with Crippen LogP contribution >= 0.6 is 0 Å². The number of rotatable bonds is 3. The number of ether oxygens (including phenoxy) is 1. The van der Waals surface area contributed by atoms with Crippen LogP contribution in [0.2, 0.25) is 0 Å². The molecule has 3 heterocycles. The van der Waals surface area contributed by atoms with E-state index in [2.05, 4.69) is 9.88 Å². The quantitative estimate of drug-likeness (QED) is 0.861. The molecule has 22 heavy (non-hydrogen) atoms. The van der Waals surface area contributed by atoms with E-state index in [0.717, 1.165) is 44.3 Å². The Labute approximate surface area is 131 Å². The van der Waals surface area contributed by atoms with Crippen molar-refractivity contribution in [2.75, 3.05) is 0 Å². The van der Waals surface area contributed by atoms with Gasteiger partial charge in [-0.15, -0.1) is 0 Å². The van der Waals surface area contributed by atoms with Crippen molar-refractivity contribution < 1.29 is 9.53 Å². The first kappa shape index (κ1) is 14.0. The smallest absolute Gasteiger partial charge is 0.226 e. The van der Waals surface area contributed by atoms with Crippen LogP contribution in [-0.4, -0.2) is 34.0 Å². The summed E-state index contributed by atoms with van der Waals surface area (Å²) in [7, 11) is 0. The Kier molecular flexibility index (Phi) is 3.77. The fourth-order valence-corrected chi connectivity index (χ4v) is 4.58. The van der Waals surface area contributed by atoms with Crippen molar-refractivity contribution in [3.63, 3.8) is 0 Å². The van der Waals surface area contributed by atoms with Gasteiger partial charge in [0.15, 0.2) is 0 Å². The summed E-state index contributed by atoms with van der Waals surface area (Å²) in [4.78, 5) is 19.1. The zero-order chi connectivity index (χ0) is 14.9. The number of piperidine rings is 1. The van der Waals surface area contributed by atoms with Gasteiger partial charge in [0.2, 0.25) is 5.91 Å². The van der Waals surface area contributed by atoms with Crippen LogP contribution in [0, 0.1) is 5.92 Å². The third kappa shape index (κ3) is 2.59. The monoisotopic (exact) mass is 300 g/mol. The summed E-state index contributed by atoms with van der Waals surface area (Å²) < 4.78 is 6.11. The molecular formula is C18H24N2O2. The summed E-state index contributed by atoms with van der Waals surface area (Å²) in [6.07, 6.45) is 12.7. The number of fused-ring (bicyclic) bond motifs is 2. The maximum Gasteiger partial charge on any atom is 0.226 e. The molecule has 2 unspecified atom stereocenters. The summed E-state index contributed by atoms with van der Waals surface area (Å²) in [5.41, 5.74) is 0.